The number of aliphatic hydroxyl groups excluding tert-OH is 2. The van der Waals surface area contributed by atoms with Crippen molar-refractivity contribution < 1.29 is 14.9 Å². The summed E-state index contributed by atoms with van der Waals surface area (Å²) >= 11 is 0. The Kier molecular flexibility index (Phi) is 4.55. The minimum absolute atomic E-state index is 0.0818. The average molecular weight is 258 g/mol. The summed E-state index contributed by atoms with van der Waals surface area (Å²) in [7, 11) is 0. The Morgan fingerprint density at radius 1 is 1.00 bits per heavy atom. The van der Waals surface area contributed by atoms with Crippen LogP contribution in [0.4, 0.5) is 0 Å². The van der Waals surface area contributed by atoms with Gasteiger partial charge in [0.25, 0.3) is 0 Å². The zero-order valence-electron chi connectivity index (χ0n) is 10.9. The molecule has 19 heavy (non-hydrogen) atoms. The van der Waals surface area contributed by atoms with Crippen LogP contribution in [0, 0.1) is 0 Å². The fourth-order valence-corrected chi connectivity index (χ4v) is 1.97. The van der Waals surface area contributed by atoms with Crippen molar-refractivity contribution in [2.24, 2.45) is 0 Å². The van der Waals surface area contributed by atoms with Crippen LogP contribution in [0.1, 0.15) is 24.2 Å². The molecule has 0 spiro atoms. The normalized spacial score (nSPS) is 12.2. The van der Waals surface area contributed by atoms with Gasteiger partial charge in [-0.1, -0.05) is 36.4 Å². The molecule has 2 aromatic rings. The highest BCUT2D eigenvalue weighted by molar-refractivity contribution is 5.42. The first kappa shape index (κ1) is 13.6. The molecule has 0 heterocycles. The third-order valence-corrected chi connectivity index (χ3v) is 2.94. The van der Waals surface area contributed by atoms with Gasteiger partial charge in [-0.3, -0.25) is 0 Å². The highest BCUT2D eigenvalue weighted by Gasteiger charge is 2.10. The maximum Gasteiger partial charge on any atom is 0.133 e. The smallest absolute Gasteiger partial charge is 0.133 e. The molecule has 0 saturated heterocycles. The molecular weight excluding hydrogens is 240 g/mol. The van der Waals surface area contributed by atoms with E-state index < -0.39 is 6.10 Å². The predicted molar refractivity (Wildman–Crippen MR) is 74.4 cm³/mol. The standard InChI is InChI=1S/C16H18O3/c1-12(18)14-7-3-5-9-16(14)19-15-8-4-2-6-13(15)10-11-17/h2-9,12,17-18H,10-11H2,1H3/t12-/m0/s1. The van der Waals surface area contributed by atoms with E-state index in [2.05, 4.69) is 0 Å². The number of hydrogen-bond acceptors (Lipinski definition) is 3. The lowest BCUT2D eigenvalue weighted by molar-refractivity contribution is 0.195. The van der Waals surface area contributed by atoms with E-state index in [-0.39, 0.29) is 6.61 Å². The third-order valence-electron chi connectivity index (χ3n) is 2.94. The van der Waals surface area contributed by atoms with Crippen molar-refractivity contribution in [3.8, 4) is 11.5 Å². The molecule has 0 aliphatic heterocycles. The fourth-order valence-electron chi connectivity index (χ4n) is 1.97. The number of benzene rings is 2. The summed E-state index contributed by atoms with van der Waals surface area (Å²) in [4.78, 5) is 0. The van der Waals surface area contributed by atoms with Gasteiger partial charge >= 0.3 is 0 Å². The second kappa shape index (κ2) is 6.36. The summed E-state index contributed by atoms with van der Waals surface area (Å²) in [5.41, 5.74) is 1.70. The van der Waals surface area contributed by atoms with Gasteiger partial charge in [0, 0.05) is 12.2 Å². The van der Waals surface area contributed by atoms with Gasteiger partial charge in [-0.15, -0.1) is 0 Å². The quantitative estimate of drug-likeness (QED) is 0.866. The number of para-hydroxylation sites is 2. The van der Waals surface area contributed by atoms with Gasteiger partial charge in [0.15, 0.2) is 0 Å². The predicted octanol–water partition coefficient (Wildman–Crippen LogP) is 3.07. The summed E-state index contributed by atoms with van der Waals surface area (Å²) < 4.78 is 5.88. The maximum atomic E-state index is 9.74. The summed E-state index contributed by atoms with van der Waals surface area (Å²) in [6.07, 6.45) is -0.0336. The first-order chi connectivity index (χ1) is 9.22. The number of rotatable bonds is 5. The van der Waals surface area contributed by atoms with E-state index in [1.54, 1.807) is 6.92 Å². The van der Waals surface area contributed by atoms with E-state index in [0.29, 0.717) is 17.9 Å². The summed E-state index contributed by atoms with van der Waals surface area (Å²) in [6, 6.07) is 15.0. The molecule has 100 valence electrons. The van der Waals surface area contributed by atoms with Crippen molar-refractivity contribution in [3.05, 3.63) is 59.7 Å². The average Bonchev–Trinajstić information content (AvgIpc) is 2.42. The van der Waals surface area contributed by atoms with Gasteiger partial charge in [0.1, 0.15) is 11.5 Å². The van der Waals surface area contributed by atoms with Crippen molar-refractivity contribution >= 4 is 0 Å². The highest BCUT2D eigenvalue weighted by Crippen LogP contribution is 2.31. The molecule has 3 heteroatoms. The molecule has 2 rings (SSSR count). The van der Waals surface area contributed by atoms with Gasteiger partial charge in [-0.2, -0.15) is 0 Å². The van der Waals surface area contributed by atoms with Crippen molar-refractivity contribution in [1.29, 1.82) is 0 Å². The monoisotopic (exact) mass is 258 g/mol. The summed E-state index contributed by atoms with van der Waals surface area (Å²) in [5, 5.41) is 18.8. The van der Waals surface area contributed by atoms with Gasteiger partial charge in [-0.05, 0) is 31.0 Å². The van der Waals surface area contributed by atoms with E-state index in [1.807, 2.05) is 48.5 Å². The molecule has 0 saturated carbocycles. The van der Waals surface area contributed by atoms with E-state index in [0.717, 1.165) is 11.1 Å². The highest BCUT2D eigenvalue weighted by atomic mass is 16.5. The lowest BCUT2D eigenvalue weighted by Gasteiger charge is -2.15. The Hall–Kier alpha value is -1.84. The van der Waals surface area contributed by atoms with Crippen LogP contribution >= 0.6 is 0 Å². The SMILES string of the molecule is C[C@H](O)c1ccccc1Oc1ccccc1CCO. The number of aliphatic hydroxyl groups is 2. The molecule has 2 N–H and O–H groups in total. The van der Waals surface area contributed by atoms with Crippen LogP contribution in [-0.2, 0) is 6.42 Å². The maximum absolute atomic E-state index is 9.74. The van der Waals surface area contributed by atoms with E-state index in [9.17, 15) is 5.11 Å². The van der Waals surface area contributed by atoms with Crippen LogP contribution in [0.25, 0.3) is 0 Å². The fraction of sp³-hybridized carbons (Fsp3) is 0.250. The van der Waals surface area contributed by atoms with E-state index >= 15 is 0 Å². The molecule has 0 unspecified atom stereocenters. The molecule has 0 bridgehead atoms. The molecule has 0 aliphatic carbocycles. The van der Waals surface area contributed by atoms with Crippen molar-refractivity contribution in [1.82, 2.24) is 0 Å². The third kappa shape index (κ3) is 3.34. The van der Waals surface area contributed by atoms with Crippen LogP contribution < -0.4 is 4.74 Å². The molecule has 0 radical (unpaired) electrons. The first-order valence-electron chi connectivity index (χ1n) is 6.36. The Morgan fingerprint density at radius 2 is 1.63 bits per heavy atom. The Morgan fingerprint density at radius 3 is 2.32 bits per heavy atom. The lowest BCUT2D eigenvalue weighted by Crippen LogP contribution is -1.99. The Bertz CT molecular complexity index is 535. The van der Waals surface area contributed by atoms with Crippen LogP contribution in [0.5, 0.6) is 11.5 Å². The lowest BCUT2D eigenvalue weighted by atomic mass is 10.1. The Balaban J connectivity index is 2.31. The molecule has 3 nitrogen and oxygen atoms in total. The van der Waals surface area contributed by atoms with Gasteiger partial charge < -0.3 is 14.9 Å². The number of ether oxygens (including phenoxy) is 1. The molecule has 0 aliphatic rings. The summed E-state index contributed by atoms with van der Waals surface area (Å²) in [5.74, 6) is 1.35. The van der Waals surface area contributed by atoms with Gasteiger partial charge in [0.05, 0.1) is 6.10 Å². The molecule has 0 fully saturated rings. The van der Waals surface area contributed by atoms with Gasteiger partial charge in [0.2, 0.25) is 0 Å². The second-order valence-electron chi connectivity index (χ2n) is 4.40. The zero-order chi connectivity index (χ0) is 13.7. The summed E-state index contributed by atoms with van der Waals surface area (Å²) in [6.45, 7) is 1.79. The topological polar surface area (TPSA) is 49.7 Å². The van der Waals surface area contributed by atoms with Crippen LogP contribution in [-0.4, -0.2) is 16.8 Å². The van der Waals surface area contributed by atoms with Gasteiger partial charge in [-0.25, -0.2) is 0 Å². The molecular formula is C16H18O3. The second-order valence-corrected chi connectivity index (χ2v) is 4.40. The van der Waals surface area contributed by atoms with E-state index in [4.69, 9.17) is 9.84 Å². The van der Waals surface area contributed by atoms with E-state index in [1.165, 1.54) is 0 Å². The van der Waals surface area contributed by atoms with Crippen LogP contribution in [0.3, 0.4) is 0 Å². The molecule has 2 aromatic carbocycles. The molecule has 0 aromatic heterocycles. The van der Waals surface area contributed by atoms with Crippen molar-refractivity contribution in [3.63, 3.8) is 0 Å². The number of hydrogen-bond donors (Lipinski definition) is 2. The van der Waals surface area contributed by atoms with Crippen molar-refractivity contribution in [2.45, 2.75) is 19.4 Å². The van der Waals surface area contributed by atoms with Crippen LogP contribution in [0.2, 0.25) is 0 Å². The first-order valence-corrected chi connectivity index (χ1v) is 6.36. The molecule has 0 amide bonds. The zero-order valence-corrected chi connectivity index (χ0v) is 10.9. The van der Waals surface area contributed by atoms with Crippen molar-refractivity contribution in [2.75, 3.05) is 6.61 Å². The van der Waals surface area contributed by atoms with Crippen LogP contribution in [0.15, 0.2) is 48.5 Å². The Labute approximate surface area is 113 Å². The minimum Gasteiger partial charge on any atom is -0.457 e. The molecule has 1 atom stereocenters. The largest absolute Gasteiger partial charge is 0.457 e. The minimum atomic E-state index is -0.582.